The topological polar surface area (TPSA) is 16.4 Å². The zero-order valence-corrected chi connectivity index (χ0v) is 26.4. The van der Waals surface area contributed by atoms with Crippen LogP contribution < -0.4 is 4.90 Å². The first-order valence-electron chi connectivity index (χ1n) is 16.3. The predicted molar refractivity (Wildman–Crippen MR) is 197 cm³/mol. The monoisotopic (exact) mass is 603 g/mol. The van der Waals surface area contributed by atoms with E-state index in [2.05, 4.69) is 170 Å². The van der Waals surface area contributed by atoms with E-state index < -0.39 is 0 Å². The van der Waals surface area contributed by atoms with Crippen molar-refractivity contribution in [3.8, 4) is 33.4 Å². The molecule has 0 saturated carbocycles. The zero-order chi connectivity index (χ0) is 31.5. The van der Waals surface area contributed by atoms with Gasteiger partial charge in [0.25, 0.3) is 0 Å². The van der Waals surface area contributed by atoms with E-state index in [0.29, 0.717) is 0 Å². The molecule has 0 bridgehead atoms. The van der Waals surface area contributed by atoms with Gasteiger partial charge in [-0.1, -0.05) is 123 Å². The number of hydrogen-bond donors (Lipinski definition) is 0. The fraction of sp³-hybridized carbons (Fsp3) is 0.0667. The second kappa shape index (κ2) is 10.6. The third-order valence-electron chi connectivity index (χ3n) is 9.87. The molecular weight excluding hydrogens is 571 g/mol. The smallest absolute Gasteiger partial charge is 0.137 e. The molecule has 1 heterocycles. The summed E-state index contributed by atoms with van der Waals surface area (Å²) >= 11 is 0. The first-order valence-corrected chi connectivity index (χ1v) is 16.3. The molecule has 7 aromatic carbocycles. The van der Waals surface area contributed by atoms with Crippen LogP contribution in [0.2, 0.25) is 0 Å². The molecule has 1 aliphatic carbocycles. The molecule has 0 fully saturated rings. The number of rotatable bonds is 5. The highest BCUT2D eigenvalue weighted by atomic mass is 16.3. The zero-order valence-electron chi connectivity index (χ0n) is 26.4. The van der Waals surface area contributed by atoms with Crippen molar-refractivity contribution in [3.63, 3.8) is 0 Å². The van der Waals surface area contributed by atoms with Crippen molar-refractivity contribution < 1.29 is 4.42 Å². The van der Waals surface area contributed by atoms with E-state index in [1.165, 1.54) is 44.5 Å². The average Bonchev–Trinajstić information content (AvgIpc) is 3.61. The lowest BCUT2D eigenvalue weighted by Crippen LogP contribution is -2.16. The van der Waals surface area contributed by atoms with Crippen LogP contribution in [0.25, 0.3) is 55.3 Å². The SMILES string of the molecule is CC1(C)c2ccccc2-c2ccc(N(c3ccc(-c4cccc(-c5ccccc5)c4)cc3)c3ccc4c(c3)oc3ccccc34)cc21. The van der Waals surface area contributed by atoms with Crippen LogP contribution in [0.4, 0.5) is 17.1 Å². The Hall–Kier alpha value is -5.86. The van der Waals surface area contributed by atoms with Gasteiger partial charge in [0, 0.05) is 39.3 Å². The maximum atomic E-state index is 6.36. The Labute approximate surface area is 275 Å². The highest BCUT2D eigenvalue weighted by molar-refractivity contribution is 6.06. The van der Waals surface area contributed by atoms with E-state index in [1.807, 2.05) is 12.1 Å². The predicted octanol–water partition coefficient (Wildman–Crippen LogP) is 12.7. The van der Waals surface area contributed by atoms with Crippen molar-refractivity contribution in [2.24, 2.45) is 0 Å². The van der Waals surface area contributed by atoms with Gasteiger partial charge in [-0.2, -0.15) is 0 Å². The molecule has 2 nitrogen and oxygen atoms in total. The van der Waals surface area contributed by atoms with Gasteiger partial charge in [0.15, 0.2) is 0 Å². The van der Waals surface area contributed by atoms with E-state index in [1.54, 1.807) is 0 Å². The third-order valence-corrected chi connectivity index (χ3v) is 9.87. The average molecular weight is 604 g/mol. The van der Waals surface area contributed by atoms with Gasteiger partial charge < -0.3 is 9.32 Å². The lowest BCUT2D eigenvalue weighted by molar-refractivity contribution is 0.660. The van der Waals surface area contributed by atoms with Gasteiger partial charge in [-0.25, -0.2) is 0 Å². The minimum absolute atomic E-state index is 0.0933. The number of para-hydroxylation sites is 1. The summed E-state index contributed by atoms with van der Waals surface area (Å²) in [5, 5.41) is 2.27. The summed E-state index contributed by atoms with van der Waals surface area (Å²) in [6, 6.07) is 58.9. The molecule has 0 saturated heterocycles. The molecule has 0 N–H and O–H groups in total. The molecule has 0 amide bonds. The van der Waals surface area contributed by atoms with E-state index in [-0.39, 0.29) is 5.41 Å². The summed E-state index contributed by atoms with van der Waals surface area (Å²) in [6.45, 7) is 4.68. The summed E-state index contributed by atoms with van der Waals surface area (Å²) in [5.74, 6) is 0. The van der Waals surface area contributed by atoms with Gasteiger partial charge >= 0.3 is 0 Å². The Morgan fingerprint density at radius 2 is 1.00 bits per heavy atom. The first kappa shape index (κ1) is 27.5. The second-order valence-corrected chi connectivity index (χ2v) is 13.0. The lowest BCUT2D eigenvalue weighted by Gasteiger charge is -2.28. The van der Waals surface area contributed by atoms with E-state index in [4.69, 9.17) is 4.42 Å². The third kappa shape index (κ3) is 4.48. The summed E-state index contributed by atoms with van der Waals surface area (Å²) in [5.41, 5.74) is 15.2. The van der Waals surface area contributed by atoms with Gasteiger partial charge in [0.2, 0.25) is 0 Å². The van der Waals surface area contributed by atoms with Crippen molar-refractivity contribution in [2.75, 3.05) is 4.90 Å². The Morgan fingerprint density at radius 1 is 0.404 bits per heavy atom. The largest absolute Gasteiger partial charge is 0.456 e. The highest BCUT2D eigenvalue weighted by Gasteiger charge is 2.35. The lowest BCUT2D eigenvalue weighted by atomic mass is 9.82. The second-order valence-electron chi connectivity index (χ2n) is 13.0. The number of anilines is 3. The number of furan rings is 1. The molecule has 2 heteroatoms. The van der Waals surface area contributed by atoms with E-state index in [9.17, 15) is 0 Å². The minimum atomic E-state index is -0.0933. The van der Waals surface area contributed by atoms with Gasteiger partial charge in [-0.15, -0.1) is 0 Å². The fourth-order valence-corrected chi connectivity index (χ4v) is 7.44. The van der Waals surface area contributed by atoms with Crippen LogP contribution in [0.5, 0.6) is 0 Å². The molecule has 47 heavy (non-hydrogen) atoms. The molecule has 0 radical (unpaired) electrons. The number of nitrogens with zero attached hydrogens (tertiary/aromatic N) is 1. The fourth-order valence-electron chi connectivity index (χ4n) is 7.44. The molecule has 224 valence electrons. The van der Waals surface area contributed by atoms with Crippen LogP contribution in [0.15, 0.2) is 168 Å². The number of hydrogen-bond acceptors (Lipinski definition) is 2. The molecule has 0 unspecified atom stereocenters. The van der Waals surface area contributed by atoms with Crippen LogP contribution in [-0.2, 0) is 5.41 Å². The summed E-state index contributed by atoms with van der Waals surface area (Å²) in [4.78, 5) is 2.36. The Bertz CT molecular complexity index is 2430. The van der Waals surface area contributed by atoms with Crippen molar-refractivity contribution >= 4 is 39.0 Å². The molecule has 0 atom stereocenters. The van der Waals surface area contributed by atoms with Crippen molar-refractivity contribution in [1.82, 2.24) is 0 Å². The first-order chi connectivity index (χ1) is 23.0. The molecule has 8 aromatic rings. The molecular formula is C45H33NO. The van der Waals surface area contributed by atoms with E-state index in [0.717, 1.165) is 39.0 Å². The molecule has 1 aliphatic rings. The summed E-state index contributed by atoms with van der Waals surface area (Å²) < 4.78 is 6.36. The Kier molecular flexibility index (Phi) is 6.20. The van der Waals surface area contributed by atoms with Crippen LogP contribution >= 0.6 is 0 Å². The van der Waals surface area contributed by atoms with Gasteiger partial charge in [0.05, 0.1) is 0 Å². The minimum Gasteiger partial charge on any atom is -0.456 e. The normalized spacial score (nSPS) is 13.1. The van der Waals surface area contributed by atoms with Gasteiger partial charge in [-0.05, 0) is 93.0 Å². The molecule has 0 spiro atoms. The molecule has 9 rings (SSSR count). The maximum Gasteiger partial charge on any atom is 0.137 e. The molecule has 1 aromatic heterocycles. The Morgan fingerprint density at radius 3 is 1.83 bits per heavy atom. The van der Waals surface area contributed by atoms with Crippen molar-refractivity contribution in [1.29, 1.82) is 0 Å². The van der Waals surface area contributed by atoms with Crippen LogP contribution in [0.1, 0.15) is 25.0 Å². The van der Waals surface area contributed by atoms with E-state index >= 15 is 0 Å². The Balaban J connectivity index is 1.17. The van der Waals surface area contributed by atoms with Gasteiger partial charge in [-0.3, -0.25) is 0 Å². The van der Waals surface area contributed by atoms with Crippen LogP contribution in [0, 0.1) is 0 Å². The number of benzene rings is 7. The number of fused-ring (bicyclic) bond motifs is 6. The van der Waals surface area contributed by atoms with Crippen molar-refractivity contribution in [2.45, 2.75) is 19.3 Å². The highest BCUT2D eigenvalue weighted by Crippen LogP contribution is 2.50. The van der Waals surface area contributed by atoms with Crippen LogP contribution in [-0.4, -0.2) is 0 Å². The summed E-state index contributed by atoms with van der Waals surface area (Å²) in [6.07, 6.45) is 0. The summed E-state index contributed by atoms with van der Waals surface area (Å²) in [7, 11) is 0. The van der Waals surface area contributed by atoms with Crippen LogP contribution in [0.3, 0.4) is 0 Å². The quantitative estimate of drug-likeness (QED) is 0.195. The van der Waals surface area contributed by atoms with Crippen molar-refractivity contribution in [3.05, 3.63) is 175 Å². The standard InChI is InChI=1S/C45H33NO/c1-45(2)41-17-8-6-15-37(41)38-25-23-35(28-42(38)45)46(36-24-26-40-39-16-7-9-18-43(39)47-44(40)29-36)34-21-19-31(20-22-34)33-14-10-13-32(27-33)30-11-4-3-5-12-30/h3-29H,1-2H3. The van der Waals surface area contributed by atoms with Gasteiger partial charge in [0.1, 0.15) is 11.2 Å². The molecule has 0 aliphatic heterocycles. The maximum absolute atomic E-state index is 6.36.